The minimum Gasteiger partial charge on any atom is -0.505 e. The Morgan fingerprint density at radius 2 is 1.97 bits per heavy atom. The first-order valence-electron chi connectivity index (χ1n) is 11.9. The number of imidazole rings is 1. The minimum atomic E-state index is -3.31. The van der Waals surface area contributed by atoms with Crippen LogP contribution in [0.4, 0.5) is 4.39 Å². The highest BCUT2D eigenvalue weighted by Crippen LogP contribution is 2.36. The van der Waals surface area contributed by atoms with E-state index in [4.69, 9.17) is 0 Å². The summed E-state index contributed by atoms with van der Waals surface area (Å²) in [4.78, 5) is 7.96. The van der Waals surface area contributed by atoms with Gasteiger partial charge in [0.1, 0.15) is 5.69 Å². The molecule has 1 aliphatic carbocycles. The standard InChI is InChI=1S/C25H26FN5O3S/c1-2-14-10-23(32)19(26)11-18(14)15-7-8-17-20(9-15)29-30-24(17)25-27-21-12-31(13-22(21)28-25)35(33,34)16-5-3-4-6-16/h7-11,16,32H,2-6,12-13H2,1H3,(H,27,28)(H,29,30). The molecule has 0 atom stereocenters. The maximum atomic E-state index is 14.1. The summed E-state index contributed by atoms with van der Waals surface area (Å²) in [6, 6.07) is 8.54. The molecule has 0 spiro atoms. The van der Waals surface area contributed by atoms with E-state index in [1.165, 1.54) is 16.4 Å². The molecule has 1 aliphatic heterocycles. The maximum absolute atomic E-state index is 14.1. The molecule has 2 aliphatic rings. The molecule has 10 heteroatoms. The van der Waals surface area contributed by atoms with Crippen LogP contribution in [0.3, 0.4) is 0 Å². The van der Waals surface area contributed by atoms with E-state index in [0.29, 0.717) is 24.5 Å². The van der Waals surface area contributed by atoms with E-state index in [1.807, 2.05) is 25.1 Å². The van der Waals surface area contributed by atoms with Crippen LogP contribution in [0, 0.1) is 5.82 Å². The van der Waals surface area contributed by atoms with E-state index < -0.39 is 15.8 Å². The number of nitrogens with one attached hydrogen (secondary N) is 2. The number of sulfonamides is 1. The van der Waals surface area contributed by atoms with Gasteiger partial charge in [-0.3, -0.25) is 5.10 Å². The van der Waals surface area contributed by atoms with Crippen molar-refractivity contribution >= 4 is 20.9 Å². The summed E-state index contributed by atoms with van der Waals surface area (Å²) in [6.07, 6.45) is 4.08. The Hall–Kier alpha value is -3.24. The number of halogens is 1. The van der Waals surface area contributed by atoms with Crippen molar-refractivity contribution in [3.8, 4) is 28.4 Å². The largest absolute Gasteiger partial charge is 0.505 e. The number of aromatic nitrogens is 4. The van der Waals surface area contributed by atoms with Gasteiger partial charge >= 0.3 is 0 Å². The van der Waals surface area contributed by atoms with Crippen LogP contribution < -0.4 is 0 Å². The lowest BCUT2D eigenvalue weighted by molar-refractivity contribution is 0.417. The fraction of sp³-hybridized carbons (Fsp3) is 0.360. The van der Waals surface area contributed by atoms with Crippen LogP contribution in [-0.2, 0) is 29.5 Å². The molecule has 182 valence electrons. The lowest BCUT2D eigenvalue weighted by atomic mass is 9.96. The second-order valence-corrected chi connectivity index (χ2v) is 11.6. The van der Waals surface area contributed by atoms with Crippen LogP contribution in [0.2, 0.25) is 0 Å². The third kappa shape index (κ3) is 3.63. The zero-order valence-corrected chi connectivity index (χ0v) is 20.1. The molecule has 6 rings (SSSR count). The fourth-order valence-electron chi connectivity index (χ4n) is 5.33. The summed E-state index contributed by atoms with van der Waals surface area (Å²) >= 11 is 0. The molecule has 3 N–H and O–H groups in total. The Morgan fingerprint density at radius 1 is 1.17 bits per heavy atom. The Kier molecular flexibility index (Phi) is 5.19. The zero-order valence-electron chi connectivity index (χ0n) is 19.3. The highest BCUT2D eigenvalue weighted by atomic mass is 32.2. The number of phenols is 1. The first kappa shape index (κ1) is 22.2. The second kappa shape index (κ2) is 8.17. The molecule has 0 bridgehead atoms. The van der Waals surface area contributed by atoms with Gasteiger partial charge in [-0.15, -0.1) is 0 Å². The van der Waals surface area contributed by atoms with Crippen LogP contribution >= 0.6 is 0 Å². The first-order chi connectivity index (χ1) is 16.8. The summed E-state index contributed by atoms with van der Waals surface area (Å²) in [5.74, 6) is -0.412. The quantitative estimate of drug-likeness (QED) is 0.374. The van der Waals surface area contributed by atoms with Crippen molar-refractivity contribution < 1.29 is 17.9 Å². The molecule has 2 aromatic heterocycles. The van der Waals surface area contributed by atoms with Gasteiger partial charge in [-0.1, -0.05) is 25.8 Å². The molecule has 2 aromatic carbocycles. The number of fused-ring (bicyclic) bond motifs is 2. The number of aromatic hydroxyl groups is 1. The average molecular weight is 496 g/mol. The third-order valence-electron chi connectivity index (χ3n) is 7.26. The van der Waals surface area contributed by atoms with E-state index in [-0.39, 0.29) is 17.5 Å². The molecule has 3 heterocycles. The molecule has 0 saturated heterocycles. The topological polar surface area (TPSA) is 115 Å². The van der Waals surface area contributed by atoms with Crippen molar-refractivity contribution in [2.24, 2.45) is 0 Å². The molecule has 1 fully saturated rings. The minimum absolute atomic E-state index is 0.272. The molecule has 8 nitrogen and oxygen atoms in total. The SMILES string of the molecule is CCc1cc(O)c(F)cc1-c1ccc2c(-c3nc4c([nH]3)CN(S(=O)(=O)C3CCCC3)C4)n[nH]c2c1. The normalized spacial score (nSPS) is 17.0. The lowest BCUT2D eigenvalue weighted by Crippen LogP contribution is -2.34. The number of hydrogen-bond acceptors (Lipinski definition) is 5. The molecule has 0 radical (unpaired) electrons. The van der Waals surface area contributed by atoms with Gasteiger partial charge in [0.15, 0.2) is 17.4 Å². The van der Waals surface area contributed by atoms with E-state index in [1.54, 1.807) is 0 Å². The predicted octanol–water partition coefficient (Wildman–Crippen LogP) is 4.62. The number of phenolic OH excluding ortho intramolecular Hbond substituents is 1. The molecule has 35 heavy (non-hydrogen) atoms. The van der Waals surface area contributed by atoms with Gasteiger partial charge in [-0.2, -0.15) is 9.40 Å². The van der Waals surface area contributed by atoms with E-state index in [2.05, 4.69) is 20.2 Å². The van der Waals surface area contributed by atoms with E-state index in [9.17, 15) is 17.9 Å². The van der Waals surface area contributed by atoms with Gasteiger partial charge in [-0.25, -0.2) is 17.8 Å². The van der Waals surface area contributed by atoms with Crippen LogP contribution in [0.5, 0.6) is 5.75 Å². The fourth-order valence-corrected chi connectivity index (χ4v) is 7.29. The smallest absolute Gasteiger partial charge is 0.217 e. The summed E-state index contributed by atoms with van der Waals surface area (Å²) in [7, 11) is -3.31. The molecule has 0 unspecified atom stereocenters. The van der Waals surface area contributed by atoms with Crippen LogP contribution in [0.25, 0.3) is 33.5 Å². The number of rotatable bonds is 5. The van der Waals surface area contributed by atoms with Crippen molar-refractivity contribution in [2.75, 3.05) is 0 Å². The monoisotopic (exact) mass is 495 g/mol. The Balaban J connectivity index is 1.29. The second-order valence-electron chi connectivity index (χ2n) is 9.38. The number of H-pyrrole nitrogens is 2. The number of nitrogens with zero attached hydrogens (tertiary/aromatic N) is 3. The Bertz CT molecular complexity index is 1530. The van der Waals surface area contributed by atoms with E-state index in [0.717, 1.165) is 64.7 Å². The Morgan fingerprint density at radius 3 is 2.71 bits per heavy atom. The van der Waals surface area contributed by atoms with E-state index >= 15 is 0 Å². The molecular weight excluding hydrogens is 469 g/mol. The number of hydrogen-bond donors (Lipinski definition) is 3. The van der Waals surface area contributed by atoms with Crippen molar-refractivity contribution in [1.82, 2.24) is 24.5 Å². The maximum Gasteiger partial charge on any atom is 0.217 e. The van der Waals surface area contributed by atoms with Crippen molar-refractivity contribution in [2.45, 2.75) is 57.4 Å². The average Bonchev–Trinajstić information content (AvgIpc) is 3.62. The summed E-state index contributed by atoms with van der Waals surface area (Å²) < 4.78 is 41.5. The van der Waals surface area contributed by atoms with Gasteiger partial charge in [0, 0.05) is 5.39 Å². The number of aromatic amines is 2. The van der Waals surface area contributed by atoms with Gasteiger partial charge < -0.3 is 10.1 Å². The third-order valence-corrected chi connectivity index (χ3v) is 9.55. The summed E-state index contributed by atoms with van der Waals surface area (Å²) in [6.45, 7) is 2.54. The van der Waals surface area contributed by atoms with Crippen LogP contribution in [-0.4, -0.2) is 43.2 Å². The van der Waals surface area contributed by atoms with Gasteiger partial charge in [0.2, 0.25) is 10.0 Å². The Labute approximate surface area is 202 Å². The predicted molar refractivity (Wildman–Crippen MR) is 131 cm³/mol. The molecule has 1 saturated carbocycles. The lowest BCUT2D eigenvalue weighted by Gasteiger charge is -2.20. The van der Waals surface area contributed by atoms with Crippen LogP contribution in [0.1, 0.15) is 49.6 Å². The highest BCUT2D eigenvalue weighted by Gasteiger charge is 2.38. The van der Waals surface area contributed by atoms with Crippen molar-refractivity contribution in [3.05, 3.63) is 53.1 Å². The van der Waals surface area contributed by atoms with Crippen LogP contribution in [0.15, 0.2) is 30.3 Å². The van der Waals surface area contributed by atoms with Crippen molar-refractivity contribution in [1.29, 1.82) is 0 Å². The molecular formula is C25H26FN5O3S. The summed E-state index contributed by atoms with van der Waals surface area (Å²) in [5.41, 5.74) is 5.36. The van der Waals surface area contributed by atoms with Gasteiger partial charge in [0.25, 0.3) is 0 Å². The van der Waals surface area contributed by atoms with Crippen molar-refractivity contribution in [3.63, 3.8) is 0 Å². The number of benzene rings is 2. The van der Waals surface area contributed by atoms with Gasteiger partial charge in [-0.05, 0) is 60.2 Å². The zero-order chi connectivity index (χ0) is 24.3. The first-order valence-corrected chi connectivity index (χ1v) is 13.4. The molecule has 4 aromatic rings. The number of aryl methyl sites for hydroxylation is 1. The molecule has 0 amide bonds. The highest BCUT2D eigenvalue weighted by molar-refractivity contribution is 7.89. The summed E-state index contributed by atoms with van der Waals surface area (Å²) in [5, 5.41) is 17.8. The van der Waals surface area contributed by atoms with Gasteiger partial charge in [0.05, 0.1) is 35.2 Å².